The van der Waals surface area contributed by atoms with Gasteiger partial charge in [-0.25, -0.2) is 9.59 Å². The van der Waals surface area contributed by atoms with Gasteiger partial charge >= 0.3 is 55.3 Å². The average molecular weight is 1440 g/mol. The van der Waals surface area contributed by atoms with Crippen LogP contribution in [-0.4, -0.2) is 211 Å². The fourth-order valence-electron chi connectivity index (χ4n) is 12.7. The van der Waals surface area contributed by atoms with Crippen molar-refractivity contribution in [1.82, 2.24) is 10.6 Å². The number of carbonyl (C=O) groups is 5. The van der Waals surface area contributed by atoms with Gasteiger partial charge in [0, 0.05) is 117 Å². The zero-order chi connectivity index (χ0) is 78.5. The molecule has 4 heterocycles. The minimum atomic E-state index is -1.53. The summed E-state index contributed by atoms with van der Waals surface area (Å²) in [6, 6.07) is 3.65. The second-order valence-corrected chi connectivity index (χ2v) is 35.0. The number of aliphatic hydroxyl groups is 3. The molecule has 0 radical (unpaired) electrons. The monoisotopic (exact) mass is 1440 g/mol. The Balaban J connectivity index is 0.000000499. The molecule has 0 saturated carbocycles. The van der Waals surface area contributed by atoms with Gasteiger partial charge in [0.2, 0.25) is 5.91 Å². The van der Waals surface area contributed by atoms with Gasteiger partial charge in [0.1, 0.15) is 54.4 Å². The number of benzene rings is 2. The van der Waals surface area contributed by atoms with Gasteiger partial charge < -0.3 is 88.3 Å². The molecule has 7 N–H and O–H groups in total. The molecule has 0 aliphatic carbocycles. The van der Waals surface area contributed by atoms with Crippen LogP contribution in [0.15, 0.2) is 48.5 Å². The van der Waals surface area contributed by atoms with Crippen molar-refractivity contribution in [3.05, 3.63) is 81.9 Å². The second kappa shape index (κ2) is 41.2. The number of methoxy groups -OCH3 is 4. The maximum atomic E-state index is 13.4. The number of hydrogen-bond acceptors (Lipinski definition) is 23. The SMILES string of the molecule is C=C(C)C[C@H](OC)[C@H](O)C(=O)N[C@@H](OC)[C@@H]1C[C@@H](OC(C)=O)C(C)(C)[C@@H](C[C@H](O)[C@@H](C)[C@H]2Cc3c(C)c(O)cc(O)c3C(=O)O2)O1.CB=O.CB=O.[2H]c1cc([2H])c2c(c1C)C[C@H]([C@H](C)[C@H](C[C@H]1O[C@H]([C@@H](NC(=O)[C@@H](C)[C@H](CC(=C)C)OC)OC)C[C@@H](O)C1(C)C)OCOCC[Si](C)(C)C)OC2=O. The number of hydrogen-bond donors (Lipinski definition) is 7. The summed E-state index contributed by atoms with van der Waals surface area (Å²) in [6.07, 6.45) is -9.84. The van der Waals surface area contributed by atoms with E-state index in [1.54, 1.807) is 41.7 Å². The molecule has 0 spiro atoms. The molecule has 101 heavy (non-hydrogen) atoms. The molecule has 28 heteroatoms. The summed E-state index contributed by atoms with van der Waals surface area (Å²) in [4.78, 5) is 64.6. The Hall–Kier alpha value is -5.62. The number of carbonyl (C=O) groups excluding carboxylic acids is 5. The molecular weight excluding hydrogens is 1320 g/mol. The minimum absolute atomic E-state index is 0.00808. The van der Waals surface area contributed by atoms with Crippen LogP contribution < -0.4 is 10.6 Å². The van der Waals surface area contributed by atoms with Crippen LogP contribution in [0.4, 0.5) is 0 Å². The molecule has 4 aliphatic heterocycles. The van der Waals surface area contributed by atoms with E-state index in [4.69, 9.17) is 64.3 Å². The van der Waals surface area contributed by atoms with Crippen molar-refractivity contribution < 1.29 is 114 Å². The van der Waals surface area contributed by atoms with Gasteiger partial charge in [0.25, 0.3) is 5.91 Å². The first-order valence-electron chi connectivity index (χ1n) is 35.5. The van der Waals surface area contributed by atoms with E-state index in [1.165, 1.54) is 48.0 Å². The van der Waals surface area contributed by atoms with Crippen molar-refractivity contribution in [2.45, 2.75) is 266 Å². The number of phenolic OH excluding ortho intramolecular Hbond substituents is 2. The summed E-state index contributed by atoms with van der Waals surface area (Å²) < 4.78 is 99.3. The smallest absolute Gasteiger partial charge is 0.338 e. The van der Waals surface area contributed by atoms with Crippen molar-refractivity contribution in [2.75, 3.05) is 41.8 Å². The molecule has 18 atom stereocenters. The summed E-state index contributed by atoms with van der Waals surface area (Å²) in [5.74, 6) is -4.85. The minimum Gasteiger partial charge on any atom is -0.458 e. The van der Waals surface area contributed by atoms with Gasteiger partial charge in [-0.3, -0.25) is 14.4 Å². The molecule has 25 nitrogen and oxygen atoms in total. The molecule has 2 amide bonds. The molecule has 2 saturated heterocycles. The van der Waals surface area contributed by atoms with Crippen molar-refractivity contribution in [2.24, 2.45) is 28.6 Å². The second-order valence-electron chi connectivity index (χ2n) is 29.4. The third kappa shape index (κ3) is 25.6. The molecule has 0 aromatic heterocycles. The summed E-state index contributed by atoms with van der Waals surface area (Å²) in [5.41, 5.74) is 2.51. The van der Waals surface area contributed by atoms with Crippen molar-refractivity contribution in [1.29, 1.82) is 0 Å². The number of amides is 2. The van der Waals surface area contributed by atoms with Crippen LogP contribution in [0.2, 0.25) is 39.3 Å². The maximum absolute atomic E-state index is 13.4. The van der Waals surface area contributed by atoms with Crippen LogP contribution in [0.5, 0.6) is 11.5 Å². The van der Waals surface area contributed by atoms with Crippen LogP contribution >= 0.6 is 0 Å². The van der Waals surface area contributed by atoms with Crippen LogP contribution in [0.3, 0.4) is 0 Å². The molecule has 2 fully saturated rings. The zero-order valence-corrected chi connectivity index (χ0v) is 64.5. The molecule has 0 unspecified atom stereocenters. The predicted molar refractivity (Wildman–Crippen MR) is 383 cm³/mol. The van der Waals surface area contributed by atoms with Gasteiger partial charge in [-0.2, -0.15) is 0 Å². The Morgan fingerprint density at radius 2 is 1.24 bits per heavy atom. The summed E-state index contributed by atoms with van der Waals surface area (Å²) in [5, 5.41) is 59.7. The zero-order valence-electron chi connectivity index (χ0n) is 65.5. The third-order valence-corrected chi connectivity index (χ3v) is 21.3. The van der Waals surface area contributed by atoms with E-state index in [2.05, 4.69) is 43.4 Å². The molecule has 2 aromatic rings. The van der Waals surface area contributed by atoms with Crippen LogP contribution in [0.25, 0.3) is 0 Å². The number of phenols is 2. The fraction of sp³-hybridized carbons (Fsp3) is 0.712. The first-order chi connectivity index (χ1) is 48.0. The van der Waals surface area contributed by atoms with Gasteiger partial charge in [-0.1, -0.05) is 91.4 Å². The van der Waals surface area contributed by atoms with Crippen LogP contribution in [0.1, 0.15) is 153 Å². The van der Waals surface area contributed by atoms with E-state index in [-0.39, 0.29) is 91.5 Å². The summed E-state index contributed by atoms with van der Waals surface area (Å²) >= 11 is 0. The summed E-state index contributed by atoms with van der Waals surface area (Å²) in [7, 11) is 5.98. The number of ether oxygens (including phenoxy) is 11. The molecular formula is C73H118B2N2O23Si. The van der Waals surface area contributed by atoms with E-state index < -0.39 is 140 Å². The fourth-order valence-corrected chi connectivity index (χ4v) is 13.4. The quantitative estimate of drug-likeness (QED) is 0.00927. The topological polar surface area (TPSA) is 346 Å². The summed E-state index contributed by atoms with van der Waals surface area (Å²) in [6.45, 7) is 39.5. The van der Waals surface area contributed by atoms with Crippen LogP contribution in [-0.2, 0) is 88.7 Å². The maximum Gasteiger partial charge on any atom is 0.338 e. The van der Waals surface area contributed by atoms with Gasteiger partial charge in [-0.15, -0.1) is 13.2 Å². The molecule has 4 aliphatic rings. The Morgan fingerprint density at radius 3 is 1.77 bits per heavy atom. The average Bonchev–Trinajstić information content (AvgIpc) is 0.786. The van der Waals surface area contributed by atoms with E-state index in [0.717, 1.165) is 37.6 Å². The predicted octanol–water partition coefficient (Wildman–Crippen LogP) is 8.64. The van der Waals surface area contributed by atoms with E-state index in [1.807, 2.05) is 41.5 Å². The Morgan fingerprint density at radius 1 is 0.723 bits per heavy atom. The Kier molecular flexibility index (Phi) is 35.1. The molecule has 2 aromatic carbocycles. The van der Waals surface area contributed by atoms with Gasteiger partial charge in [0.15, 0.2) is 18.6 Å². The Labute approximate surface area is 603 Å². The normalized spacial score (nSPS) is 24.4. The van der Waals surface area contributed by atoms with Gasteiger partial charge in [0.05, 0.1) is 57.0 Å². The largest absolute Gasteiger partial charge is 0.458 e. The number of aromatic hydroxyl groups is 2. The van der Waals surface area contributed by atoms with E-state index in [0.29, 0.717) is 48.1 Å². The first-order valence-corrected chi connectivity index (χ1v) is 38.3. The standard InChI is InChI=1S/C38H63NO9Si.C33H49NO12.2CH3BO/c1-23(2)18-29(43-8)26(5)35(41)39-36(44-9)32-20-33(40)38(6,7)34(47-32)21-30(46-22-45-16-17-49(10,11)12)25(4)31-19-28-24(3)14-13-15-27(28)37(42)48-31;1-15(2)10-24(42-8)29(39)30(40)34-31(43-9)25-14-27(44-18(5)35)33(6,7)26(45-25)13-21(37)17(4)23-11-19-16(3)20(36)12-22(38)28(19)32(41)46-23;2*1-2-3/h13-15,25-26,29-34,36,40H,1,16-22H2,2-12H3,(H,39,41);12,17,21,23-27,29,31,36-39H,1,10-11,13-14H2,2-9H3,(H,34,40);2*1H3/t25-,26+,29+,30+,31-,32+,33-,34-,36+;17-,21+,23-,24+,25+,26-,27-,29+,31+;;/m11../s1/i14D,15D;;;. The van der Waals surface area contributed by atoms with Crippen molar-refractivity contribution in [3.8, 4) is 11.5 Å². The molecule has 6 rings (SSSR count). The molecule has 568 valence electrons. The van der Waals surface area contributed by atoms with Crippen molar-refractivity contribution in [3.63, 3.8) is 0 Å². The first kappa shape index (κ1) is 86.0. The number of aliphatic hydroxyl groups excluding tert-OH is 3. The number of rotatable bonds is 31. The molecule has 0 bridgehead atoms. The van der Waals surface area contributed by atoms with Gasteiger partial charge in [-0.05, 0) is 74.9 Å². The number of esters is 3. The van der Waals surface area contributed by atoms with E-state index >= 15 is 0 Å². The number of nitrogens with one attached hydrogen (secondary N) is 2. The van der Waals surface area contributed by atoms with E-state index in [9.17, 15) is 49.5 Å². The number of cyclic esters (lactones) is 2. The van der Waals surface area contributed by atoms with Crippen molar-refractivity contribution >= 4 is 52.1 Å². The Bertz CT molecular complexity index is 3190. The third-order valence-electron chi connectivity index (χ3n) is 19.6. The van der Waals surface area contributed by atoms with Crippen LogP contribution in [0, 0.1) is 42.4 Å². The number of fused-ring (bicyclic) bond motifs is 2.